The number of anilines is 1. The second kappa shape index (κ2) is 9.03. The van der Waals surface area contributed by atoms with Crippen molar-refractivity contribution in [3.63, 3.8) is 0 Å². The summed E-state index contributed by atoms with van der Waals surface area (Å²) in [6.07, 6.45) is 3.46. The maximum absolute atomic E-state index is 12.4. The van der Waals surface area contributed by atoms with Crippen LogP contribution in [0.25, 0.3) is 0 Å². The van der Waals surface area contributed by atoms with Gasteiger partial charge in [-0.15, -0.1) is 0 Å². The van der Waals surface area contributed by atoms with E-state index in [9.17, 15) is 18.3 Å². The number of carboxylic acids is 1. The van der Waals surface area contributed by atoms with Crippen LogP contribution in [0.3, 0.4) is 0 Å². The minimum Gasteiger partial charge on any atom is -0.478 e. The Kier molecular flexibility index (Phi) is 7.69. The first-order chi connectivity index (χ1) is 11.2. The van der Waals surface area contributed by atoms with E-state index in [4.69, 9.17) is 0 Å². The average molecular weight is 356 g/mol. The van der Waals surface area contributed by atoms with Crippen LogP contribution in [0.4, 0.5) is 5.69 Å². The Labute approximate surface area is 144 Å². The van der Waals surface area contributed by atoms with E-state index in [1.165, 1.54) is 18.2 Å². The van der Waals surface area contributed by atoms with E-state index >= 15 is 0 Å². The van der Waals surface area contributed by atoms with E-state index in [0.717, 1.165) is 25.7 Å². The molecule has 6 nitrogen and oxygen atoms in total. The summed E-state index contributed by atoms with van der Waals surface area (Å²) in [5.41, 5.74) is 0.396. The summed E-state index contributed by atoms with van der Waals surface area (Å²) in [5, 5.41) is 12.5. The van der Waals surface area contributed by atoms with Crippen LogP contribution in [0.2, 0.25) is 0 Å². The molecule has 3 N–H and O–H groups in total. The van der Waals surface area contributed by atoms with E-state index in [-0.39, 0.29) is 22.5 Å². The summed E-state index contributed by atoms with van der Waals surface area (Å²) in [6.45, 7) is 7.79. The highest BCUT2D eigenvalue weighted by Crippen LogP contribution is 2.22. The number of aromatic carboxylic acids is 1. The zero-order valence-corrected chi connectivity index (χ0v) is 15.6. The SMILES string of the molecule is CCC[C@@H](C)Nc1ccc(S(=O)(=O)N[C@H](C)CCC)cc1C(=O)O. The standard InChI is InChI=1S/C17H28N2O4S/c1-5-7-12(3)18-16-10-9-14(11-15(16)17(20)21)24(22,23)19-13(4)8-6-2/h9-13,18-19H,5-8H2,1-4H3,(H,20,21)/t12-,13-/m1/s1. The van der Waals surface area contributed by atoms with Gasteiger partial charge in [-0.2, -0.15) is 0 Å². The van der Waals surface area contributed by atoms with Crippen molar-refractivity contribution in [1.29, 1.82) is 0 Å². The maximum atomic E-state index is 12.4. The lowest BCUT2D eigenvalue weighted by Gasteiger charge is -2.18. The van der Waals surface area contributed by atoms with Crippen LogP contribution in [-0.4, -0.2) is 31.6 Å². The Morgan fingerprint density at radius 1 is 1.12 bits per heavy atom. The molecule has 0 aliphatic heterocycles. The first-order valence-corrected chi connectivity index (χ1v) is 9.85. The molecule has 2 atom stereocenters. The molecule has 0 spiro atoms. The average Bonchev–Trinajstić information content (AvgIpc) is 2.47. The molecule has 0 amide bonds. The van der Waals surface area contributed by atoms with Crippen molar-refractivity contribution >= 4 is 21.7 Å². The molecule has 0 saturated carbocycles. The Balaban J connectivity index is 3.11. The topological polar surface area (TPSA) is 95.5 Å². The van der Waals surface area contributed by atoms with Crippen molar-refractivity contribution in [2.75, 3.05) is 5.32 Å². The van der Waals surface area contributed by atoms with Crippen LogP contribution >= 0.6 is 0 Å². The Morgan fingerprint density at radius 3 is 2.25 bits per heavy atom. The number of hydrogen-bond acceptors (Lipinski definition) is 4. The van der Waals surface area contributed by atoms with Gasteiger partial charge < -0.3 is 10.4 Å². The van der Waals surface area contributed by atoms with Crippen LogP contribution in [0.15, 0.2) is 23.1 Å². The van der Waals surface area contributed by atoms with Crippen LogP contribution in [-0.2, 0) is 10.0 Å². The molecule has 1 aromatic carbocycles. The second-order valence-electron chi connectivity index (χ2n) is 6.16. The Morgan fingerprint density at radius 2 is 1.71 bits per heavy atom. The number of sulfonamides is 1. The second-order valence-corrected chi connectivity index (χ2v) is 7.87. The van der Waals surface area contributed by atoms with Crippen molar-refractivity contribution in [2.45, 2.75) is 70.4 Å². The summed E-state index contributed by atoms with van der Waals surface area (Å²) >= 11 is 0. The van der Waals surface area contributed by atoms with E-state index in [1.54, 1.807) is 6.92 Å². The maximum Gasteiger partial charge on any atom is 0.337 e. The lowest BCUT2D eigenvalue weighted by Crippen LogP contribution is -2.32. The summed E-state index contributed by atoms with van der Waals surface area (Å²) in [4.78, 5) is 11.5. The zero-order chi connectivity index (χ0) is 18.3. The van der Waals surface area contributed by atoms with Crippen LogP contribution in [0.1, 0.15) is 63.7 Å². The van der Waals surface area contributed by atoms with Gasteiger partial charge in [-0.1, -0.05) is 26.7 Å². The van der Waals surface area contributed by atoms with Gasteiger partial charge >= 0.3 is 5.97 Å². The van der Waals surface area contributed by atoms with Gasteiger partial charge in [-0.3, -0.25) is 0 Å². The molecular weight excluding hydrogens is 328 g/mol. The molecule has 0 aliphatic carbocycles. The van der Waals surface area contributed by atoms with Crippen LogP contribution < -0.4 is 10.0 Å². The largest absolute Gasteiger partial charge is 0.478 e. The van der Waals surface area contributed by atoms with Gasteiger partial charge in [-0.25, -0.2) is 17.9 Å². The fourth-order valence-electron chi connectivity index (χ4n) is 2.59. The predicted molar refractivity (Wildman–Crippen MR) is 96.1 cm³/mol. The molecular formula is C17H28N2O4S. The third kappa shape index (κ3) is 5.79. The van der Waals surface area contributed by atoms with Crippen molar-refractivity contribution in [2.24, 2.45) is 0 Å². The van der Waals surface area contributed by atoms with Gasteiger partial charge in [0, 0.05) is 17.8 Å². The van der Waals surface area contributed by atoms with Gasteiger partial charge in [0.05, 0.1) is 10.5 Å². The highest BCUT2D eigenvalue weighted by atomic mass is 32.2. The minimum atomic E-state index is -3.73. The summed E-state index contributed by atoms with van der Waals surface area (Å²) in [6, 6.07) is 4.09. The highest BCUT2D eigenvalue weighted by molar-refractivity contribution is 7.89. The number of rotatable bonds is 10. The van der Waals surface area contributed by atoms with Crippen molar-refractivity contribution < 1.29 is 18.3 Å². The van der Waals surface area contributed by atoms with Gasteiger partial charge in [0.15, 0.2) is 0 Å². The molecule has 0 aliphatic rings. The van der Waals surface area contributed by atoms with Gasteiger partial charge in [0.1, 0.15) is 0 Å². The van der Waals surface area contributed by atoms with Crippen molar-refractivity contribution in [1.82, 2.24) is 4.72 Å². The molecule has 0 aromatic heterocycles. The van der Waals surface area contributed by atoms with Crippen LogP contribution in [0.5, 0.6) is 0 Å². The summed E-state index contributed by atoms with van der Waals surface area (Å²) in [7, 11) is -3.73. The number of hydrogen-bond donors (Lipinski definition) is 3. The van der Waals surface area contributed by atoms with Gasteiger partial charge in [-0.05, 0) is 44.9 Å². The first-order valence-electron chi connectivity index (χ1n) is 8.37. The third-order valence-corrected chi connectivity index (χ3v) is 5.32. The van der Waals surface area contributed by atoms with E-state index in [2.05, 4.69) is 17.0 Å². The molecule has 0 unspecified atom stereocenters. The molecule has 0 bridgehead atoms. The number of carboxylic acid groups (broad SMARTS) is 1. The predicted octanol–water partition coefficient (Wildman–Crippen LogP) is 3.45. The molecule has 0 saturated heterocycles. The fourth-order valence-corrected chi connectivity index (χ4v) is 3.89. The van der Waals surface area contributed by atoms with E-state index in [1.807, 2.05) is 13.8 Å². The minimum absolute atomic E-state index is 0.0310. The monoisotopic (exact) mass is 356 g/mol. The highest BCUT2D eigenvalue weighted by Gasteiger charge is 2.21. The Hall–Kier alpha value is -1.60. The third-order valence-electron chi connectivity index (χ3n) is 3.73. The molecule has 1 aromatic rings. The lowest BCUT2D eigenvalue weighted by atomic mass is 10.1. The van der Waals surface area contributed by atoms with E-state index in [0.29, 0.717) is 5.69 Å². The quantitative estimate of drug-likeness (QED) is 0.597. The van der Waals surface area contributed by atoms with Crippen molar-refractivity contribution in [3.8, 4) is 0 Å². The smallest absolute Gasteiger partial charge is 0.337 e. The number of carbonyl (C=O) groups is 1. The number of benzene rings is 1. The van der Waals surface area contributed by atoms with Crippen molar-refractivity contribution in [3.05, 3.63) is 23.8 Å². The van der Waals surface area contributed by atoms with Crippen LogP contribution in [0, 0.1) is 0 Å². The summed E-state index contributed by atoms with van der Waals surface area (Å²) < 4.78 is 27.4. The Bertz CT molecular complexity index is 659. The molecule has 0 heterocycles. The molecule has 1 rings (SSSR count). The molecule has 24 heavy (non-hydrogen) atoms. The molecule has 136 valence electrons. The zero-order valence-electron chi connectivity index (χ0n) is 14.8. The normalized spacial score (nSPS) is 14.2. The van der Waals surface area contributed by atoms with Gasteiger partial charge in [0.25, 0.3) is 0 Å². The lowest BCUT2D eigenvalue weighted by molar-refractivity contribution is 0.0697. The molecule has 0 fully saturated rings. The number of nitrogens with one attached hydrogen (secondary N) is 2. The van der Waals surface area contributed by atoms with Gasteiger partial charge in [0.2, 0.25) is 10.0 Å². The fraction of sp³-hybridized carbons (Fsp3) is 0.588. The van der Waals surface area contributed by atoms with E-state index < -0.39 is 16.0 Å². The summed E-state index contributed by atoms with van der Waals surface area (Å²) in [5.74, 6) is -1.15. The molecule has 0 radical (unpaired) electrons. The molecule has 7 heteroatoms. The first kappa shape index (κ1) is 20.4.